The third-order valence-corrected chi connectivity index (χ3v) is 2.65. The van der Waals surface area contributed by atoms with E-state index in [1.54, 1.807) is 12.3 Å². The van der Waals surface area contributed by atoms with Crippen LogP contribution >= 0.6 is 0 Å². The number of pyridine rings is 1. The van der Waals surface area contributed by atoms with E-state index in [2.05, 4.69) is 10.3 Å². The molecule has 1 aromatic heterocycles. The molecule has 0 spiro atoms. The molecule has 0 aliphatic rings. The van der Waals surface area contributed by atoms with Crippen LogP contribution in [0.1, 0.15) is 11.1 Å². The maximum absolute atomic E-state index is 10.8. The maximum atomic E-state index is 10.8. The lowest BCUT2D eigenvalue weighted by molar-refractivity contribution is -0.124. The molecule has 1 heterocycles. The minimum absolute atomic E-state index is 0.577. The van der Waals surface area contributed by atoms with E-state index in [0.717, 1.165) is 17.1 Å². The fourth-order valence-corrected chi connectivity index (χ4v) is 1.57. The lowest BCUT2D eigenvalue weighted by Gasteiger charge is -2.05. The van der Waals surface area contributed by atoms with Crippen LogP contribution in [-0.2, 0) is 4.79 Å². The van der Waals surface area contributed by atoms with Gasteiger partial charge in [-0.15, -0.1) is 0 Å². The van der Waals surface area contributed by atoms with Crippen LogP contribution in [0.25, 0.3) is 6.08 Å². The summed E-state index contributed by atoms with van der Waals surface area (Å²) in [5.41, 5.74) is 4.46. The van der Waals surface area contributed by atoms with Crippen LogP contribution in [0.2, 0.25) is 0 Å². The molecule has 3 N–H and O–H groups in total. The highest BCUT2D eigenvalue weighted by atomic mass is 16.5. The highest BCUT2D eigenvalue weighted by molar-refractivity contribution is 5.90. The minimum Gasteiger partial charge on any atom is -0.340 e. The van der Waals surface area contributed by atoms with Crippen molar-refractivity contribution >= 4 is 23.5 Å². The van der Waals surface area contributed by atoms with Crippen LogP contribution in [-0.4, -0.2) is 16.1 Å². The summed E-state index contributed by atoms with van der Waals surface area (Å²) in [6, 6.07) is 11.6. The minimum atomic E-state index is -0.577. The molecule has 5 nitrogen and oxygen atoms in total. The number of rotatable bonds is 4. The van der Waals surface area contributed by atoms with E-state index in [4.69, 9.17) is 5.21 Å². The van der Waals surface area contributed by atoms with Gasteiger partial charge in [0.15, 0.2) is 0 Å². The highest BCUT2D eigenvalue weighted by Crippen LogP contribution is 2.15. The number of anilines is 2. The average molecular weight is 269 g/mol. The van der Waals surface area contributed by atoms with E-state index >= 15 is 0 Å². The van der Waals surface area contributed by atoms with Crippen molar-refractivity contribution in [2.75, 3.05) is 5.32 Å². The normalized spacial score (nSPS) is 10.5. The molecule has 0 aliphatic carbocycles. The quantitative estimate of drug-likeness (QED) is 0.453. The van der Waals surface area contributed by atoms with E-state index in [9.17, 15) is 4.79 Å². The molecule has 1 amide bonds. The Morgan fingerprint density at radius 1 is 1.20 bits per heavy atom. The molecule has 0 bridgehead atoms. The summed E-state index contributed by atoms with van der Waals surface area (Å²) in [6.45, 7) is 2.03. The molecular formula is C15H15N3O2. The first-order valence-corrected chi connectivity index (χ1v) is 6.09. The summed E-state index contributed by atoms with van der Waals surface area (Å²) < 4.78 is 0. The summed E-state index contributed by atoms with van der Waals surface area (Å²) >= 11 is 0. The molecule has 0 radical (unpaired) electrons. The van der Waals surface area contributed by atoms with Gasteiger partial charge in [-0.05, 0) is 42.8 Å². The summed E-state index contributed by atoms with van der Waals surface area (Å²) in [6.07, 6.45) is 4.43. The Morgan fingerprint density at radius 2 is 1.95 bits per heavy atom. The molecule has 1 aromatic carbocycles. The maximum Gasteiger partial charge on any atom is 0.267 e. The number of hydroxylamine groups is 1. The molecule has 2 rings (SSSR count). The van der Waals surface area contributed by atoms with Gasteiger partial charge >= 0.3 is 0 Å². The largest absolute Gasteiger partial charge is 0.340 e. The number of benzene rings is 1. The SMILES string of the molecule is Cc1ccc(Nc2ccc(/C=C/C(=O)NO)cn2)cc1. The fraction of sp³-hybridized carbons (Fsp3) is 0.0667. The first-order valence-electron chi connectivity index (χ1n) is 6.09. The number of nitrogens with one attached hydrogen (secondary N) is 2. The smallest absolute Gasteiger partial charge is 0.267 e. The molecule has 2 aromatic rings. The second-order valence-electron chi connectivity index (χ2n) is 4.28. The number of amides is 1. The molecular weight excluding hydrogens is 254 g/mol. The van der Waals surface area contributed by atoms with Gasteiger partial charge in [-0.25, -0.2) is 10.5 Å². The van der Waals surface area contributed by atoms with Crippen LogP contribution in [0.3, 0.4) is 0 Å². The summed E-state index contributed by atoms with van der Waals surface area (Å²) in [5.74, 6) is 0.143. The molecule has 5 heteroatoms. The van der Waals surface area contributed by atoms with Crippen molar-refractivity contribution in [2.24, 2.45) is 0 Å². The number of carbonyl (C=O) groups excluding carboxylic acids is 1. The van der Waals surface area contributed by atoms with Gasteiger partial charge in [0.05, 0.1) is 0 Å². The van der Waals surface area contributed by atoms with Gasteiger partial charge in [-0.2, -0.15) is 0 Å². The Hall–Kier alpha value is -2.66. The molecule has 0 fully saturated rings. The molecule has 0 atom stereocenters. The lowest BCUT2D eigenvalue weighted by Crippen LogP contribution is -2.14. The number of hydrogen-bond donors (Lipinski definition) is 3. The molecule has 0 saturated heterocycles. The van der Waals surface area contributed by atoms with Crippen LogP contribution in [0.5, 0.6) is 0 Å². The van der Waals surface area contributed by atoms with E-state index in [0.29, 0.717) is 0 Å². The van der Waals surface area contributed by atoms with Crippen molar-refractivity contribution in [3.05, 3.63) is 59.8 Å². The van der Waals surface area contributed by atoms with Crippen molar-refractivity contribution in [3.63, 3.8) is 0 Å². The van der Waals surface area contributed by atoms with Crippen LogP contribution < -0.4 is 10.8 Å². The van der Waals surface area contributed by atoms with Gasteiger partial charge in [0, 0.05) is 18.0 Å². The average Bonchev–Trinajstić information content (AvgIpc) is 2.48. The van der Waals surface area contributed by atoms with Crippen LogP contribution in [0.15, 0.2) is 48.7 Å². The first kappa shape index (κ1) is 13.8. The molecule has 102 valence electrons. The molecule has 0 aliphatic heterocycles. The van der Waals surface area contributed by atoms with Crippen molar-refractivity contribution in [1.29, 1.82) is 0 Å². The standard InChI is InChI=1S/C15H15N3O2/c1-11-2-6-13(7-3-11)17-14-8-4-12(10-16-14)5-9-15(19)18-20/h2-10,20H,1H3,(H,16,17)(H,18,19)/b9-5+. The third-order valence-electron chi connectivity index (χ3n) is 2.65. The number of aryl methyl sites for hydroxylation is 1. The lowest BCUT2D eigenvalue weighted by atomic mass is 10.2. The molecule has 20 heavy (non-hydrogen) atoms. The Bertz CT molecular complexity index is 604. The van der Waals surface area contributed by atoms with Crippen molar-refractivity contribution in [2.45, 2.75) is 6.92 Å². The summed E-state index contributed by atoms with van der Waals surface area (Å²) in [7, 11) is 0. The molecule has 0 saturated carbocycles. The van der Waals surface area contributed by atoms with Gasteiger partial charge in [-0.1, -0.05) is 17.7 Å². The fourth-order valence-electron chi connectivity index (χ4n) is 1.57. The number of carbonyl (C=O) groups is 1. The number of hydrogen-bond acceptors (Lipinski definition) is 4. The van der Waals surface area contributed by atoms with E-state index < -0.39 is 5.91 Å². The van der Waals surface area contributed by atoms with Gasteiger partial charge in [0.2, 0.25) is 0 Å². The second-order valence-corrected chi connectivity index (χ2v) is 4.28. The van der Waals surface area contributed by atoms with Gasteiger partial charge in [0.1, 0.15) is 5.82 Å². The van der Waals surface area contributed by atoms with Gasteiger partial charge in [-0.3, -0.25) is 10.0 Å². The van der Waals surface area contributed by atoms with Crippen molar-refractivity contribution in [1.82, 2.24) is 10.5 Å². The van der Waals surface area contributed by atoms with Gasteiger partial charge in [0.25, 0.3) is 5.91 Å². The van der Waals surface area contributed by atoms with Crippen molar-refractivity contribution in [3.8, 4) is 0 Å². The zero-order valence-electron chi connectivity index (χ0n) is 11.0. The van der Waals surface area contributed by atoms with Crippen LogP contribution in [0, 0.1) is 6.92 Å². The zero-order valence-corrected chi connectivity index (χ0v) is 11.0. The number of nitrogens with zero attached hydrogens (tertiary/aromatic N) is 1. The van der Waals surface area contributed by atoms with E-state index in [-0.39, 0.29) is 0 Å². The van der Waals surface area contributed by atoms with Gasteiger partial charge < -0.3 is 5.32 Å². The predicted molar refractivity (Wildman–Crippen MR) is 77.7 cm³/mol. The highest BCUT2D eigenvalue weighted by Gasteiger charge is 1.96. The summed E-state index contributed by atoms with van der Waals surface area (Å²) in [5, 5.41) is 11.5. The first-order chi connectivity index (χ1) is 9.67. The summed E-state index contributed by atoms with van der Waals surface area (Å²) in [4.78, 5) is 15.1. The second kappa shape index (κ2) is 6.49. The topological polar surface area (TPSA) is 74.2 Å². The van der Waals surface area contributed by atoms with E-state index in [1.807, 2.05) is 43.3 Å². The Labute approximate surface area is 116 Å². The molecule has 0 unspecified atom stereocenters. The Morgan fingerprint density at radius 3 is 2.55 bits per heavy atom. The monoisotopic (exact) mass is 269 g/mol. The predicted octanol–water partition coefficient (Wildman–Crippen LogP) is 2.65. The van der Waals surface area contributed by atoms with Crippen LogP contribution in [0.4, 0.5) is 11.5 Å². The Kier molecular flexibility index (Phi) is 4.47. The van der Waals surface area contributed by atoms with Crippen molar-refractivity contribution < 1.29 is 10.0 Å². The third kappa shape index (κ3) is 3.93. The number of aromatic nitrogens is 1. The zero-order chi connectivity index (χ0) is 14.4. The van der Waals surface area contributed by atoms with E-state index in [1.165, 1.54) is 17.1 Å². The Balaban J connectivity index is 2.03.